The summed E-state index contributed by atoms with van der Waals surface area (Å²) >= 11 is 6.14. The van der Waals surface area contributed by atoms with Crippen LogP contribution in [0.1, 0.15) is 12.8 Å². The summed E-state index contributed by atoms with van der Waals surface area (Å²) < 4.78 is 0. The third-order valence-corrected chi connectivity index (χ3v) is 4.58. The van der Waals surface area contributed by atoms with Crippen LogP contribution in [0.3, 0.4) is 0 Å². The largest absolute Gasteiger partial charge is 0.325 e. The topological polar surface area (TPSA) is 67.1 Å². The zero-order valence-electron chi connectivity index (χ0n) is 13.6. The van der Waals surface area contributed by atoms with Gasteiger partial charge in [0.15, 0.2) is 0 Å². The van der Waals surface area contributed by atoms with Gasteiger partial charge in [-0.1, -0.05) is 29.2 Å². The van der Waals surface area contributed by atoms with Crippen LogP contribution in [0, 0.1) is 5.92 Å². The normalized spacial score (nSPS) is 13.8. The molecule has 4 rings (SSSR count). The Hall–Kier alpha value is -2.31. The Kier molecular flexibility index (Phi) is 4.23. The van der Waals surface area contributed by atoms with Crippen LogP contribution in [-0.2, 0) is 0 Å². The molecular formula is C18H17BClN5. The number of anilines is 3. The van der Waals surface area contributed by atoms with E-state index in [1.54, 1.807) is 0 Å². The van der Waals surface area contributed by atoms with E-state index in [0.29, 0.717) is 16.9 Å². The van der Waals surface area contributed by atoms with E-state index in [-0.39, 0.29) is 0 Å². The molecule has 2 radical (unpaired) electrons. The van der Waals surface area contributed by atoms with Crippen molar-refractivity contribution in [3.63, 3.8) is 0 Å². The molecule has 0 saturated heterocycles. The molecule has 25 heavy (non-hydrogen) atoms. The second-order valence-corrected chi connectivity index (χ2v) is 6.76. The standard InChI is InChI=1S/C18H17BClN5/c19-12-2-1-3-14(8-12)25(10-11-4-5-11)17-15-7-6-13(20)9-16(15)22-18(23-17)24-21/h1-3,6-9,11H,4-5,10,21H2,(H,22,23,24). The highest BCUT2D eigenvalue weighted by Crippen LogP contribution is 2.37. The number of nitrogens with two attached hydrogens (primary N) is 1. The Morgan fingerprint density at radius 3 is 2.76 bits per heavy atom. The minimum absolute atomic E-state index is 0.356. The number of rotatable bonds is 5. The zero-order chi connectivity index (χ0) is 17.4. The van der Waals surface area contributed by atoms with Gasteiger partial charge in [0.2, 0.25) is 5.95 Å². The molecular weight excluding hydrogens is 332 g/mol. The highest BCUT2D eigenvalue weighted by atomic mass is 35.5. The van der Waals surface area contributed by atoms with Gasteiger partial charge >= 0.3 is 0 Å². The van der Waals surface area contributed by atoms with Crippen molar-refractivity contribution in [3.8, 4) is 0 Å². The highest BCUT2D eigenvalue weighted by molar-refractivity contribution is 6.32. The third-order valence-electron chi connectivity index (χ3n) is 4.34. The van der Waals surface area contributed by atoms with E-state index in [4.69, 9.17) is 25.3 Å². The Labute approximate surface area is 152 Å². The van der Waals surface area contributed by atoms with E-state index >= 15 is 0 Å². The number of hydrogen-bond acceptors (Lipinski definition) is 5. The number of fused-ring (bicyclic) bond motifs is 1. The number of hydrogen-bond donors (Lipinski definition) is 2. The Bertz CT molecular complexity index is 928. The lowest BCUT2D eigenvalue weighted by atomic mass is 9.95. The molecule has 0 unspecified atom stereocenters. The molecule has 5 nitrogen and oxygen atoms in total. The van der Waals surface area contributed by atoms with E-state index in [1.807, 2.05) is 42.5 Å². The minimum atomic E-state index is 0.356. The second kappa shape index (κ2) is 6.54. The van der Waals surface area contributed by atoms with E-state index in [9.17, 15) is 0 Å². The van der Waals surface area contributed by atoms with Crippen LogP contribution in [0.5, 0.6) is 0 Å². The summed E-state index contributed by atoms with van der Waals surface area (Å²) in [7, 11) is 6.00. The number of hydrazine groups is 1. The molecule has 2 aromatic carbocycles. The third kappa shape index (κ3) is 3.41. The molecule has 3 aromatic rings. The molecule has 1 saturated carbocycles. The fourth-order valence-electron chi connectivity index (χ4n) is 2.92. The predicted molar refractivity (Wildman–Crippen MR) is 104 cm³/mol. The van der Waals surface area contributed by atoms with Gasteiger partial charge in [-0.2, -0.15) is 4.98 Å². The molecule has 3 N–H and O–H groups in total. The zero-order valence-corrected chi connectivity index (χ0v) is 14.4. The van der Waals surface area contributed by atoms with Gasteiger partial charge in [-0.25, -0.2) is 10.8 Å². The molecule has 0 atom stereocenters. The van der Waals surface area contributed by atoms with Crippen LogP contribution in [-0.4, -0.2) is 24.4 Å². The van der Waals surface area contributed by atoms with Crippen LogP contribution < -0.4 is 21.6 Å². The lowest BCUT2D eigenvalue weighted by molar-refractivity contribution is 0.806. The first kappa shape index (κ1) is 16.2. The van der Waals surface area contributed by atoms with Crippen LogP contribution in [0.15, 0.2) is 42.5 Å². The molecule has 1 aliphatic carbocycles. The summed E-state index contributed by atoms with van der Waals surface area (Å²) in [6.07, 6.45) is 2.46. The average Bonchev–Trinajstić information content (AvgIpc) is 3.42. The van der Waals surface area contributed by atoms with Crippen LogP contribution in [0.2, 0.25) is 5.02 Å². The van der Waals surface area contributed by atoms with Gasteiger partial charge in [-0.15, -0.1) is 0 Å². The van der Waals surface area contributed by atoms with E-state index in [2.05, 4.69) is 20.3 Å². The Morgan fingerprint density at radius 1 is 1.20 bits per heavy atom. The molecule has 1 heterocycles. The van der Waals surface area contributed by atoms with Gasteiger partial charge in [-0.05, 0) is 49.1 Å². The Morgan fingerprint density at radius 2 is 2.04 bits per heavy atom. The first-order valence-electron chi connectivity index (χ1n) is 8.21. The first-order valence-corrected chi connectivity index (χ1v) is 8.59. The summed E-state index contributed by atoms with van der Waals surface area (Å²) in [5.41, 5.74) is 5.02. The average molecular weight is 350 g/mol. The predicted octanol–water partition coefficient (Wildman–Crippen LogP) is 2.91. The minimum Gasteiger partial charge on any atom is -0.325 e. The summed E-state index contributed by atoms with van der Waals surface area (Å²) in [4.78, 5) is 11.2. The maximum absolute atomic E-state index is 6.14. The lowest BCUT2D eigenvalue weighted by Crippen LogP contribution is -2.23. The lowest BCUT2D eigenvalue weighted by Gasteiger charge is -2.26. The van der Waals surface area contributed by atoms with Crippen LogP contribution in [0.25, 0.3) is 10.9 Å². The van der Waals surface area contributed by atoms with Crippen molar-refractivity contribution in [1.29, 1.82) is 0 Å². The van der Waals surface area contributed by atoms with Crippen molar-refractivity contribution in [2.24, 2.45) is 11.8 Å². The van der Waals surface area contributed by atoms with Crippen LogP contribution in [0.4, 0.5) is 17.5 Å². The maximum atomic E-state index is 6.14. The van der Waals surface area contributed by atoms with E-state index in [0.717, 1.165) is 34.4 Å². The van der Waals surface area contributed by atoms with E-state index in [1.165, 1.54) is 12.8 Å². The fraction of sp³-hybridized carbons (Fsp3) is 0.222. The van der Waals surface area contributed by atoms with Crippen molar-refractivity contribution in [2.75, 3.05) is 16.9 Å². The molecule has 1 fully saturated rings. The quantitative estimate of drug-likeness (QED) is 0.421. The summed E-state index contributed by atoms with van der Waals surface area (Å²) in [6, 6.07) is 13.4. The van der Waals surface area contributed by atoms with Gasteiger partial charge in [0.25, 0.3) is 0 Å². The summed E-state index contributed by atoms with van der Waals surface area (Å²) in [5.74, 6) is 7.39. The number of benzene rings is 2. The van der Waals surface area contributed by atoms with Crippen molar-refractivity contribution < 1.29 is 0 Å². The monoisotopic (exact) mass is 349 g/mol. The molecule has 0 bridgehead atoms. The van der Waals surface area contributed by atoms with Gasteiger partial charge in [0.05, 0.1) is 5.52 Å². The van der Waals surface area contributed by atoms with Crippen molar-refractivity contribution >= 4 is 53.3 Å². The molecule has 0 amide bonds. The molecule has 124 valence electrons. The van der Waals surface area contributed by atoms with Gasteiger partial charge in [0, 0.05) is 22.6 Å². The SMILES string of the molecule is [B]c1cccc(N(CC2CC2)c2nc(NN)nc3cc(Cl)ccc23)c1. The van der Waals surface area contributed by atoms with E-state index < -0.39 is 0 Å². The second-order valence-electron chi connectivity index (χ2n) is 6.33. The molecule has 1 aromatic heterocycles. The summed E-state index contributed by atoms with van der Waals surface area (Å²) in [5, 5.41) is 1.55. The number of nitrogen functional groups attached to an aromatic ring is 1. The number of aromatic nitrogens is 2. The van der Waals surface area contributed by atoms with Crippen LogP contribution >= 0.6 is 11.6 Å². The van der Waals surface area contributed by atoms with Gasteiger partial charge in [-0.3, -0.25) is 5.43 Å². The smallest absolute Gasteiger partial charge is 0.239 e. The van der Waals surface area contributed by atoms with Gasteiger partial charge in [0.1, 0.15) is 13.7 Å². The summed E-state index contributed by atoms with van der Waals surface area (Å²) in [6.45, 7) is 0.877. The van der Waals surface area contributed by atoms with Crippen molar-refractivity contribution in [1.82, 2.24) is 9.97 Å². The molecule has 0 spiro atoms. The number of halogens is 1. The highest BCUT2D eigenvalue weighted by Gasteiger charge is 2.27. The van der Waals surface area contributed by atoms with Crippen molar-refractivity contribution in [3.05, 3.63) is 47.5 Å². The maximum Gasteiger partial charge on any atom is 0.239 e. The van der Waals surface area contributed by atoms with Crippen molar-refractivity contribution in [2.45, 2.75) is 12.8 Å². The van der Waals surface area contributed by atoms with Gasteiger partial charge < -0.3 is 4.90 Å². The molecule has 1 aliphatic rings. The molecule has 0 aliphatic heterocycles. The first-order chi connectivity index (χ1) is 12.1. The number of nitrogens with zero attached hydrogens (tertiary/aromatic N) is 3. The number of nitrogens with one attached hydrogen (secondary N) is 1. The fourth-order valence-corrected chi connectivity index (χ4v) is 3.09. The molecule has 7 heteroatoms. The Balaban J connectivity index is 1.90.